The van der Waals surface area contributed by atoms with E-state index in [-0.39, 0.29) is 11.4 Å². The maximum absolute atomic E-state index is 13.2. The highest BCUT2D eigenvalue weighted by atomic mass is 79.9. The van der Waals surface area contributed by atoms with Gasteiger partial charge in [-0.1, -0.05) is 70.0 Å². The molecule has 1 amide bonds. The van der Waals surface area contributed by atoms with E-state index in [2.05, 4.69) is 26.5 Å². The fraction of sp³-hybridized carbons (Fsp3) is 0.0909. The molecule has 6 nitrogen and oxygen atoms in total. The van der Waals surface area contributed by atoms with Gasteiger partial charge < -0.3 is 0 Å². The second-order valence-electron chi connectivity index (χ2n) is 6.56. The van der Waals surface area contributed by atoms with Gasteiger partial charge in [-0.25, -0.2) is 13.8 Å². The number of rotatable bonds is 8. The highest BCUT2D eigenvalue weighted by Gasteiger charge is 2.27. The molecule has 3 aromatic carbocycles. The molecular weight excluding hydrogens is 502 g/mol. The summed E-state index contributed by atoms with van der Waals surface area (Å²) >= 11 is 9.24. The van der Waals surface area contributed by atoms with E-state index in [1.165, 1.54) is 30.5 Å². The molecule has 0 aliphatic rings. The molecule has 0 heterocycles. The highest BCUT2D eigenvalue weighted by molar-refractivity contribution is 9.10. The summed E-state index contributed by atoms with van der Waals surface area (Å²) in [7, 11) is -3.95. The van der Waals surface area contributed by atoms with Crippen LogP contribution in [0.3, 0.4) is 0 Å². The van der Waals surface area contributed by atoms with Crippen molar-refractivity contribution in [2.24, 2.45) is 5.10 Å². The van der Waals surface area contributed by atoms with Crippen LogP contribution >= 0.6 is 27.5 Å². The monoisotopic (exact) mass is 519 g/mol. The Labute approximate surface area is 194 Å². The van der Waals surface area contributed by atoms with Gasteiger partial charge in [-0.05, 0) is 47.5 Å². The van der Waals surface area contributed by atoms with Crippen molar-refractivity contribution in [3.8, 4) is 0 Å². The molecule has 0 atom stereocenters. The molecule has 9 heteroatoms. The van der Waals surface area contributed by atoms with Crippen molar-refractivity contribution in [2.75, 3.05) is 6.54 Å². The van der Waals surface area contributed by atoms with Gasteiger partial charge in [0, 0.05) is 16.0 Å². The smallest absolute Gasteiger partial charge is 0.255 e. The summed E-state index contributed by atoms with van der Waals surface area (Å²) in [6.45, 7) is -0.374. The van der Waals surface area contributed by atoms with Crippen LogP contribution in [0.5, 0.6) is 0 Å². The molecule has 3 rings (SSSR count). The Balaban J connectivity index is 1.79. The van der Waals surface area contributed by atoms with E-state index >= 15 is 0 Å². The molecule has 0 aliphatic carbocycles. The third-order valence-electron chi connectivity index (χ3n) is 4.25. The molecule has 0 fully saturated rings. The van der Waals surface area contributed by atoms with Gasteiger partial charge >= 0.3 is 0 Å². The van der Waals surface area contributed by atoms with Crippen LogP contribution < -0.4 is 5.43 Å². The van der Waals surface area contributed by atoms with E-state index in [1.54, 1.807) is 12.1 Å². The maximum atomic E-state index is 13.2. The van der Waals surface area contributed by atoms with Gasteiger partial charge in [0.05, 0.1) is 17.7 Å². The van der Waals surface area contributed by atoms with E-state index in [1.807, 2.05) is 42.5 Å². The molecule has 0 saturated carbocycles. The summed E-state index contributed by atoms with van der Waals surface area (Å²) in [5.74, 6) is -0.554. The predicted molar refractivity (Wildman–Crippen MR) is 125 cm³/mol. The first-order valence-electron chi connectivity index (χ1n) is 9.22. The van der Waals surface area contributed by atoms with E-state index in [0.717, 1.165) is 19.9 Å². The summed E-state index contributed by atoms with van der Waals surface area (Å²) in [6, 6.07) is 22.3. The van der Waals surface area contributed by atoms with E-state index in [4.69, 9.17) is 11.6 Å². The number of hydrazone groups is 1. The van der Waals surface area contributed by atoms with Crippen LogP contribution in [0.2, 0.25) is 5.02 Å². The number of amides is 1. The van der Waals surface area contributed by atoms with Crippen molar-refractivity contribution >= 4 is 49.7 Å². The van der Waals surface area contributed by atoms with Crippen LogP contribution in [0.1, 0.15) is 11.1 Å². The molecule has 3 aromatic rings. The minimum absolute atomic E-state index is 0.0219. The molecule has 0 aliphatic heterocycles. The van der Waals surface area contributed by atoms with Gasteiger partial charge in [0.15, 0.2) is 0 Å². The highest BCUT2D eigenvalue weighted by Crippen LogP contribution is 2.21. The second-order valence-corrected chi connectivity index (χ2v) is 9.85. The molecule has 0 aromatic heterocycles. The number of halogens is 2. The van der Waals surface area contributed by atoms with Crippen LogP contribution in [0.25, 0.3) is 0 Å². The number of nitrogens with one attached hydrogen (secondary N) is 1. The molecule has 0 saturated heterocycles. The van der Waals surface area contributed by atoms with E-state index < -0.39 is 22.5 Å². The van der Waals surface area contributed by atoms with Gasteiger partial charge in [0.2, 0.25) is 10.0 Å². The summed E-state index contributed by atoms with van der Waals surface area (Å²) in [6.07, 6.45) is 1.49. The van der Waals surface area contributed by atoms with Gasteiger partial charge in [0.25, 0.3) is 5.91 Å². The van der Waals surface area contributed by atoms with Crippen LogP contribution in [0.15, 0.2) is 93.3 Å². The van der Waals surface area contributed by atoms with Crippen molar-refractivity contribution in [3.63, 3.8) is 0 Å². The van der Waals surface area contributed by atoms with Crippen molar-refractivity contribution in [1.29, 1.82) is 0 Å². The lowest BCUT2D eigenvalue weighted by Gasteiger charge is -2.21. The Morgan fingerprint density at radius 1 is 1.00 bits per heavy atom. The average molecular weight is 521 g/mol. The van der Waals surface area contributed by atoms with Crippen molar-refractivity contribution in [2.45, 2.75) is 11.4 Å². The molecule has 160 valence electrons. The quantitative estimate of drug-likeness (QED) is 0.352. The zero-order chi connectivity index (χ0) is 22.3. The molecule has 0 radical (unpaired) electrons. The zero-order valence-corrected chi connectivity index (χ0v) is 19.4. The second kappa shape index (κ2) is 10.7. The average Bonchev–Trinajstić information content (AvgIpc) is 2.76. The van der Waals surface area contributed by atoms with Gasteiger partial charge in [-0.2, -0.15) is 9.41 Å². The van der Waals surface area contributed by atoms with Gasteiger partial charge in [0.1, 0.15) is 0 Å². The number of nitrogens with zero attached hydrogens (tertiary/aromatic N) is 2. The molecule has 31 heavy (non-hydrogen) atoms. The lowest BCUT2D eigenvalue weighted by atomic mass is 10.2. The number of hydrogen-bond donors (Lipinski definition) is 1. The van der Waals surface area contributed by atoms with Gasteiger partial charge in [-0.15, -0.1) is 0 Å². The summed E-state index contributed by atoms with van der Waals surface area (Å²) in [5, 5.41) is 4.33. The molecule has 0 spiro atoms. The first kappa shape index (κ1) is 23.1. The minimum atomic E-state index is -3.95. The number of sulfonamides is 1. The zero-order valence-electron chi connectivity index (χ0n) is 16.3. The predicted octanol–water partition coefficient (Wildman–Crippen LogP) is 4.44. The number of carbonyl (C=O) groups is 1. The Morgan fingerprint density at radius 3 is 2.29 bits per heavy atom. The van der Waals surface area contributed by atoms with Crippen LogP contribution in [-0.4, -0.2) is 31.4 Å². The minimum Gasteiger partial charge on any atom is -0.272 e. The Bertz CT molecular complexity index is 1150. The van der Waals surface area contributed by atoms with Crippen LogP contribution in [0.4, 0.5) is 0 Å². The Kier molecular flexibility index (Phi) is 7.97. The fourth-order valence-corrected chi connectivity index (χ4v) is 4.46. The lowest BCUT2D eigenvalue weighted by molar-refractivity contribution is -0.121. The third-order valence-corrected chi connectivity index (χ3v) is 6.83. The molecule has 1 N–H and O–H groups in total. The normalized spacial score (nSPS) is 11.7. The molecule has 0 unspecified atom stereocenters. The van der Waals surface area contributed by atoms with E-state index in [9.17, 15) is 13.2 Å². The number of benzene rings is 3. The van der Waals surface area contributed by atoms with Crippen molar-refractivity contribution in [1.82, 2.24) is 9.73 Å². The number of carbonyl (C=O) groups excluding carboxylic acids is 1. The van der Waals surface area contributed by atoms with E-state index in [0.29, 0.717) is 5.02 Å². The fourth-order valence-electron chi connectivity index (χ4n) is 2.69. The summed E-state index contributed by atoms with van der Waals surface area (Å²) in [4.78, 5) is 12.5. The maximum Gasteiger partial charge on any atom is 0.255 e. The molecule has 0 bridgehead atoms. The molecular formula is C22H19BrClN3O3S. The Morgan fingerprint density at radius 2 is 1.65 bits per heavy atom. The largest absolute Gasteiger partial charge is 0.272 e. The van der Waals surface area contributed by atoms with Gasteiger partial charge in [-0.3, -0.25) is 4.79 Å². The standard InChI is InChI=1S/C22H19BrClN3O3S/c23-19-8-6-18(7-9-19)15-27(31(29,30)21-12-10-20(24)11-13-21)16-22(28)26-25-14-17-4-2-1-3-5-17/h1-14H,15-16H2,(H,26,28)/b25-14-. The van der Waals surface area contributed by atoms with Crippen LogP contribution in [0, 0.1) is 0 Å². The van der Waals surface area contributed by atoms with Crippen molar-refractivity contribution in [3.05, 3.63) is 99.5 Å². The van der Waals surface area contributed by atoms with Crippen molar-refractivity contribution < 1.29 is 13.2 Å². The summed E-state index contributed by atoms with van der Waals surface area (Å²) in [5.41, 5.74) is 3.93. The lowest BCUT2D eigenvalue weighted by Crippen LogP contribution is -2.39. The van der Waals surface area contributed by atoms with Crippen LogP contribution in [-0.2, 0) is 21.4 Å². The number of hydrogen-bond acceptors (Lipinski definition) is 4. The Hall–Kier alpha value is -2.52. The SMILES string of the molecule is O=C(CN(Cc1ccc(Br)cc1)S(=O)(=O)c1ccc(Cl)cc1)N/N=C\c1ccccc1. The first-order valence-corrected chi connectivity index (χ1v) is 11.8. The first-order chi connectivity index (χ1) is 14.8. The third kappa shape index (κ3) is 6.73. The topological polar surface area (TPSA) is 78.8 Å². The summed E-state index contributed by atoms with van der Waals surface area (Å²) < 4.78 is 28.4.